The van der Waals surface area contributed by atoms with Crippen LogP contribution in [0.1, 0.15) is 10.4 Å². The van der Waals surface area contributed by atoms with Gasteiger partial charge in [-0.05, 0) is 30.3 Å². The summed E-state index contributed by atoms with van der Waals surface area (Å²) < 4.78 is 35.8. The second kappa shape index (κ2) is 5.40. The molecule has 3 N–H and O–H groups in total. The van der Waals surface area contributed by atoms with E-state index >= 15 is 0 Å². The summed E-state index contributed by atoms with van der Waals surface area (Å²) in [6.45, 7) is 0. The van der Waals surface area contributed by atoms with E-state index in [1.54, 1.807) is 30.3 Å². The first-order valence-corrected chi connectivity index (χ1v) is 7.11. The van der Waals surface area contributed by atoms with Gasteiger partial charge in [-0.3, -0.25) is 4.79 Å². The molecule has 104 valence electrons. The number of nitrogens with one attached hydrogen (secondary N) is 1. The molecule has 0 bridgehead atoms. The number of hydrogen-bond donors (Lipinski definition) is 2. The molecular weight excluding hydrogens is 283 g/mol. The van der Waals surface area contributed by atoms with Crippen molar-refractivity contribution in [2.24, 2.45) is 5.14 Å². The fraction of sp³-hybridized carbons (Fsp3) is 0. The summed E-state index contributed by atoms with van der Waals surface area (Å²) in [5.41, 5.74) is 0.244. The van der Waals surface area contributed by atoms with Crippen molar-refractivity contribution in [2.75, 3.05) is 5.32 Å². The zero-order valence-corrected chi connectivity index (χ0v) is 11.0. The molecule has 0 fully saturated rings. The van der Waals surface area contributed by atoms with Gasteiger partial charge >= 0.3 is 0 Å². The summed E-state index contributed by atoms with van der Waals surface area (Å²) in [5, 5.41) is 7.24. The van der Waals surface area contributed by atoms with Crippen LogP contribution in [0.2, 0.25) is 0 Å². The molecule has 7 heteroatoms. The van der Waals surface area contributed by atoms with E-state index in [4.69, 9.17) is 5.14 Å². The zero-order valence-electron chi connectivity index (χ0n) is 10.2. The molecule has 0 heterocycles. The van der Waals surface area contributed by atoms with Crippen molar-refractivity contribution >= 4 is 21.6 Å². The lowest BCUT2D eigenvalue weighted by Crippen LogP contribution is -2.15. The number of sulfonamides is 1. The zero-order chi connectivity index (χ0) is 14.8. The Bertz CT molecular complexity index is 745. The third-order valence-corrected chi connectivity index (χ3v) is 3.46. The smallest absolute Gasteiger partial charge is 0.255 e. The van der Waals surface area contributed by atoms with Crippen LogP contribution in [0.3, 0.4) is 0 Å². The van der Waals surface area contributed by atoms with E-state index in [9.17, 15) is 17.6 Å². The Morgan fingerprint density at radius 1 is 1.10 bits per heavy atom. The lowest BCUT2D eigenvalue weighted by molar-refractivity contribution is 0.102. The van der Waals surface area contributed by atoms with E-state index in [2.05, 4.69) is 5.32 Å². The van der Waals surface area contributed by atoms with Crippen molar-refractivity contribution in [3.8, 4) is 0 Å². The molecule has 2 rings (SSSR count). The van der Waals surface area contributed by atoms with Crippen molar-refractivity contribution in [2.45, 2.75) is 4.90 Å². The van der Waals surface area contributed by atoms with Crippen LogP contribution in [-0.2, 0) is 10.0 Å². The van der Waals surface area contributed by atoms with Gasteiger partial charge in [-0.25, -0.2) is 17.9 Å². The summed E-state index contributed by atoms with van der Waals surface area (Å²) in [5.74, 6) is -1.37. The van der Waals surface area contributed by atoms with Gasteiger partial charge in [0.05, 0.1) is 10.6 Å². The number of rotatable bonds is 3. The van der Waals surface area contributed by atoms with Crippen LogP contribution < -0.4 is 10.5 Å². The van der Waals surface area contributed by atoms with Gasteiger partial charge in [0.25, 0.3) is 5.91 Å². The maximum atomic E-state index is 13.7. The first-order chi connectivity index (χ1) is 9.38. The summed E-state index contributed by atoms with van der Waals surface area (Å²) >= 11 is 0. The average molecular weight is 294 g/mol. The molecule has 0 saturated carbocycles. The van der Waals surface area contributed by atoms with E-state index < -0.39 is 21.7 Å². The minimum atomic E-state index is -3.98. The first kappa shape index (κ1) is 14.2. The highest BCUT2D eigenvalue weighted by atomic mass is 32.2. The molecule has 0 spiro atoms. The van der Waals surface area contributed by atoms with Gasteiger partial charge in [-0.1, -0.05) is 18.2 Å². The number of benzene rings is 2. The molecule has 0 radical (unpaired) electrons. The van der Waals surface area contributed by atoms with Gasteiger partial charge < -0.3 is 5.32 Å². The number of hydrogen-bond acceptors (Lipinski definition) is 3. The average Bonchev–Trinajstić information content (AvgIpc) is 2.41. The maximum Gasteiger partial charge on any atom is 0.255 e. The second-order valence-corrected chi connectivity index (χ2v) is 5.57. The second-order valence-electron chi connectivity index (χ2n) is 4.01. The van der Waals surface area contributed by atoms with Gasteiger partial charge in [0.1, 0.15) is 5.82 Å². The fourth-order valence-electron chi connectivity index (χ4n) is 1.56. The number of primary sulfonamides is 1. The summed E-state index contributed by atoms with van der Waals surface area (Å²) in [7, 11) is -3.98. The Morgan fingerprint density at radius 3 is 2.30 bits per heavy atom. The van der Waals surface area contributed by atoms with Gasteiger partial charge in [0, 0.05) is 5.56 Å². The van der Waals surface area contributed by atoms with E-state index in [1.807, 2.05) is 0 Å². The highest BCUT2D eigenvalue weighted by molar-refractivity contribution is 7.89. The van der Waals surface area contributed by atoms with Crippen LogP contribution in [0.4, 0.5) is 10.1 Å². The van der Waals surface area contributed by atoms with Crippen LogP contribution in [0.25, 0.3) is 0 Å². The largest absolute Gasteiger partial charge is 0.319 e. The van der Waals surface area contributed by atoms with Crippen LogP contribution in [0.15, 0.2) is 53.4 Å². The van der Waals surface area contributed by atoms with Gasteiger partial charge in [0.15, 0.2) is 0 Å². The third-order valence-electron chi connectivity index (χ3n) is 2.55. The third kappa shape index (κ3) is 3.19. The van der Waals surface area contributed by atoms with Gasteiger partial charge in [-0.15, -0.1) is 0 Å². The molecule has 0 aromatic heterocycles. The monoisotopic (exact) mass is 294 g/mol. The lowest BCUT2D eigenvalue weighted by Gasteiger charge is -2.07. The topological polar surface area (TPSA) is 89.3 Å². The van der Waals surface area contributed by atoms with Crippen LogP contribution in [0, 0.1) is 5.82 Å². The number of amides is 1. The molecule has 2 aromatic rings. The number of carbonyl (C=O) groups is 1. The summed E-state index contributed by atoms with van der Waals surface area (Å²) in [4.78, 5) is 11.5. The number of carbonyl (C=O) groups excluding carboxylic acids is 1. The van der Waals surface area contributed by atoms with Gasteiger partial charge in [-0.2, -0.15) is 0 Å². The highest BCUT2D eigenvalue weighted by Gasteiger charge is 2.13. The fourth-order valence-corrected chi connectivity index (χ4v) is 2.08. The Kier molecular flexibility index (Phi) is 3.82. The lowest BCUT2D eigenvalue weighted by atomic mass is 10.2. The molecule has 0 unspecified atom stereocenters. The molecule has 20 heavy (non-hydrogen) atoms. The van der Waals surface area contributed by atoms with E-state index in [-0.39, 0.29) is 10.6 Å². The first-order valence-electron chi connectivity index (χ1n) is 5.56. The van der Waals surface area contributed by atoms with Crippen molar-refractivity contribution in [3.05, 3.63) is 59.9 Å². The van der Waals surface area contributed by atoms with Crippen LogP contribution in [-0.4, -0.2) is 14.3 Å². The Balaban J connectivity index is 2.25. The SMILES string of the molecule is NS(=O)(=O)c1ccc(NC(=O)c2ccccc2)c(F)c1. The van der Waals surface area contributed by atoms with Crippen LogP contribution >= 0.6 is 0 Å². The number of anilines is 1. The Hall–Kier alpha value is -2.25. The molecule has 2 aromatic carbocycles. The predicted octanol–water partition coefficient (Wildman–Crippen LogP) is 1.73. The van der Waals surface area contributed by atoms with E-state index in [0.717, 1.165) is 18.2 Å². The molecule has 5 nitrogen and oxygen atoms in total. The predicted molar refractivity (Wildman–Crippen MR) is 72.2 cm³/mol. The minimum absolute atomic E-state index is 0.119. The number of halogens is 1. The Labute approximate surface area is 115 Å². The minimum Gasteiger partial charge on any atom is -0.319 e. The van der Waals surface area contributed by atoms with Crippen LogP contribution in [0.5, 0.6) is 0 Å². The van der Waals surface area contributed by atoms with E-state index in [0.29, 0.717) is 5.56 Å². The van der Waals surface area contributed by atoms with Crippen molar-refractivity contribution in [3.63, 3.8) is 0 Å². The quantitative estimate of drug-likeness (QED) is 0.903. The standard InChI is InChI=1S/C13H11FN2O3S/c14-11-8-10(20(15,18)19)6-7-12(11)16-13(17)9-4-2-1-3-5-9/h1-8H,(H,16,17)(H2,15,18,19). The molecule has 0 aliphatic carbocycles. The maximum absolute atomic E-state index is 13.7. The van der Waals surface area contributed by atoms with Crippen molar-refractivity contribution in [1.82, 2.24) is 0 Å². The Morgan fingerprint density at radius 2 is 1.75 bits per heavy atom. The molecule has 0 aliphatic heterocycles. The molecule has 0 atom stereocenters. The normalized spacial score (nSPS) is 11.1. The van der Waals surface area contributed by atoms with Crippen molar-refractivity contribution in [1.29, 1.82) is 0 Å². The molecule has 1 amide bonds. The summed E-state index contributed by atoms with van der Waals surface area (Å²) in [6, 6.07) is 11.3. The van der Waals surface area contributed by atoms with Gasteiger partial charge in [0.2, 0.25) is 10.0 Å². The summed E-state index contributed by atoms with van der Waals surface area (Å²) in [6.07, 6.45) is 0. The highest BCUT2D eigenvalue weighted by Crippen LogP contribution is 2.18. The molecule has 0 saturated heterocycles. The number of nitrogens with two attached hydrogens (primary N) is 1. The molecular formula is C13H11FN2O3S. The van der Waals surface area contributed by atoms with Crippen molar-refractivity contribution < 1.29 is 17.6 Å². The van der Waals surface area contributed by atoms with E-state index in [1.165, 1.54) is 0 Å². The molecule has 0 aliphatic rings.